The molecule has 3 heterocycles. The predicted octanol–water partition coefficient (Wildman–Crippen LogP) is 2.47. The lowest BCUT2D eigenvalue weighted by atomic mass is 10.2. The molecule has 1 fully saturated rings. The van der Waals surface area contributed by atoms with Crippen molar-refractivity contribution < 1.29 is 19.0 Å². The number of hydrogen-bond acceptors (Lipinski definition) is 8. The number of nitrogens with zero attached hydrogens (tertiary/aromatic N) is 6. The van der Waals surface area contributed by atoms with Gasteiger partial charge in [0.15, 0.2) is 11.5 Å². The van der Waals surface area contributed by atoms with Crippen molar-refractivity contribution in [2.75, 3.05) is 26.1 Å². The second-order valence-corrected chi connectivity index (χ2v) is 8.05. The van der Waals surface area contributed by atoms with Gasteiger partial charge in [-0.25, -0.2) is 0 Å². The number of tetrazole rings is 1. The highest BCUT2D eigenvalue weighted by atomic mass is 16.5. The average molecular weight is 466 g/mol. The molecule has 1 amide bonds. The number of nitrogens with one attached hydrogen (secondary N) is 1. The third-order valence-electron chi connectivity index (χ3n) is 5.99. The summed E-state index contributed by atoms with van der Waals surface area (Å²) in [4.78, 5) is 14.1. The van der Waals surface area contributed by atoms with Crippen molar-refractivity contribution >= 4 is 11.7 Å². The van der Waals surface area contributed by atoms with Gasteiger partial charge in [0.1, 0.15) is 18.4 Å². The average Bonchev–Trinajstić information content (AvgIpc) is 3.57. The molecule has 0 unspecified atom stereocenters. The van der Waals surface area contributed by atoms with E-state index in [2.05, 4.69) is 26.8 Å². The van der Waals surface area contributed by atoms with Gasteiger partial charge in [0.25, 0.3) is 0 Å². The Labute approximate surface area is 197 Å². The molecule has 2 aromatic heterocycles. The van der Waals surface area contributed by atoms with E-state index in [-0.39, 0.29) is 18.6 Å². The minimum atomic E-state index is -0.362. The van der Waals surface area contributed by atoms with Crippen LogP contribution >= 0.6 is 0 Å². The van der Waals surface area contributed by atoms with Crippen LogP contribution in [0.4, 0.5) is 5.82 Å². The lowest BCUT2D eigenvalue weighted by Crippen LogP contribution is -2.24. The Morgan fingerprint density at radius 2 is 2.09 bits per heavy atom. The largest absolute Gasteiger partial charge is 0.493 e. The number of anilines is 1. The van der Waals surface area contributed by atoms with E-state index in [1.807, 2.05) is 18.4 Å². The van der Waals surface area contributed by atoms with E-state index in [1.165, 1.54) is 4.80 Å². The fourth-order valence-electron chi connectivity index (χ4n) is 4.05. The summed E-state index contributed by atoms with van der Waals surface area (Å²) in [5.74, 6) is 1.58. The van der Waals surface area contributed by atoms with Crippen LogP contribution in [0.2, 0.25) is 0 Å². The smallest absolute Gasteiger partial charge is 0.249 e. The highest BCUT2D eigenvalue weighted by Gasteiger charge is 2.24. The zero-order valence-electron chi connectivity index (χ0n) is 19.7. The van der Waals surface area contributed by atoms with E-state index in [9.17, 15) is 10.1 Å². The van der Waals surface area contributed by atoms with Gasteiger partial charge in [0.2, 0.25) is 11.7 Å². The number of carbonyl (C=O) groups is 1. The summed E-state index contributed by atoms with van der Waals surface area (Å²) in [5.41, 5.74) is 2.89. The highest BCUT2D eigenvalue weighted by molar-refractivity contribution is 5.91. The van der Waals surface area contributed by atoms with Gasteiger partial charge in [-0.2, -0.15) is 10.1 Å². The van der Waals surface area contributed by atoms with E-state index < -0.39 is 0 Å². The van der Waals surface area contributed by atoms with E-state index in [1.54, 1.807) is 32.4 Å². The molecule has 0 radical (unpaired) electrons. The van der Waals surface area contributed by atoms with Crippen molar-refractivity contribution in [2.45, 2.75) is 45.9 Å². The van der Waals surface area contributed by atoms with Crippen molar-refractivity contribution in [1.29, 1.82) is 5.26 Å². The zero-order chi connectivity index (χ0) is 24.2. The lowest BCUT2D eigenvalue weighted by molar-refractivity contribution is -0.117. The summed E-state index contributed by atoms with van der Waals surface area (Å²) in [6.45, 7) is 4.97. The summed E-state index contributed by atoms with van der Waals surface area (Å²) in [5, 5.41) is 24.9. The molecule has 11 heteroatoms. The van der Waals surface area contributed by atoms with Gasteiger partial charge in [-0.1, -0.05) is 0 Å². The molecule has 1 atom stereocenters. The number of aromatic nitrogens is 5. The number of ether oxygens (including phenoxy) is 3. The normalized spacial score (nSPS) is 15.2. The molecule has 1 aliphatic rings. The number of rotatable bonds is 8. The van der Waals surface area contributed by atoms with E-state index >= 15 is 0 Å². The van der Waals surface area contributed by atoms with Gasteiger partial charge < -0.3 is 24.1 Å². The fraction of sp³-hybridized carbons (Fsp3) is 0.435. The molecule has 4 rings (SSSR count). The Hall–Kier alpha value is -3.91. The van der Waals surface area contributed by atoms with Crippen LogP contribution < -0.4 is 14.8 Å². The first-order valence-corrected chi connectivity index (χ1v) is 11.0. The van der Waals surface area contributed by atoms with E-state index in [0.717, 1.165) is 30.7 Å². The molecule has 0 bridgehead atoms. The third-order valence-corrected chi connectivity index (χ3v) is 5.99. The van der Waals surface area contributed by atoms with Crippen LogP contribution in [0.15, 0.2) is 18.2 Å². The Morgan fingerprint density at radius 1 is 1.29 bits per heavy atom. The first-order chi connectivity index (χ1) is 16.4. The molecule has 3 aromatic rings. The number of amides is 1. The van der Waals surface area contributed by atoms with Crippen molar-refractivity contribution in [1.82, 2.24) is 24.8 Å². The van der Waals surface area contributed by atoms with Crippen LogP contribution in [-0.2, 0) is 22.6 Å². The molecule has 0 saturated carbocycles. The van der Waals surface area contributed by atoms with Gasteiger partial charge in [0.05, 0.1) is 32.4 Å². The molecule has 1 aromatic carbocycles. The Balaban J connectivity index is 1.51. The third kappa shape index (κ3) is 4.58. The molecule has 1 N–H and O–H groups in total. The van der Waals surface area contributed by atoms with Crippen LogP contribution in [0.3, 0.4) is 0 Å². The molecule has 1 aliphatic heterocycles. The zero-order valence-corrected chi connectivity index (χ0v) is 19.7. The van der Waals surface area contributed by atoms with Crippen LogP contribution in [0, 0.1) is 25.2 Å². The van der Waals surface area contributed by atoms with E-state index in [0.29, 0.717) is 40.8 Å². The number of carbonyl (C=O) groups excluding carboxylic acids is 1. The van der Waals surface area contributed by atoms with Gasteiger partial charge in [-0.05, 0) is 55.7 Å². The summed E-state index contributed by atoms with van der Waals surface area (Å²) in [6.07, 6.45) is 2.03. The van der Waals surface area contributed by atoms with Gasteiger partial charge in [0, 0.05) is 17.9 Å². The maximum absolute atomic E-state index is 12.9. The summed E-state index contributed by atoms with van der Waals surface area (Å²) < 4.78 is 18.3. The molecular weight excluding hydrogens is 438 g/mol. The van der Waals surface area contributed by atoms with Crippen molar-refractivity contribution in [3.05, 3.63) is 35.0 Å². The summed E-state index contributed by atoms with van der Waals surface area (Å²) >= 11 is 0. The number of hydrogen-bond donors (Lipinski definition) is 1. The topological polar surface area (TPSA) is 129 Å². The molecule has 178 valence electrons. The fourth-order valence-corrected chi connectivity index (χ4v) is 4.05. The van der Waals surface area contributed by atoms with Gasteiger partial charge >= 0.3 is 0 Å². The molecule has 11 nitrogen and oxygen atoms in total. The summed E-state index contributed by atoms with van der Waals surface area (Å²) in [6, 6.07) is 7.49. The molecule has 0 aliphatic carbocycles. The molecule has 0 spiro atoms. The maximum Gasteiger partial charge on any atom is 0.249 e. The van der Waals surface area contributed by atoms with Gasteiger partial charge in [-0.3, -0.25) is 4.79 Å². The van der Waals surface area contributed by atoms with E-state index in [4.69, 9.17) is 14.2 Å². The number of methoxy groups -OCH3 is 2. The minimum Gasteiger partial charge on any atom is -0.493 e. The second-order valence-electron chi connectivity index (χ2n) is 8.05. The molecule has 1 saturated heterocycles. The van der Waals surface area contributed by atoms with Gasteiger partial charge in [-0.15, -0.1) is 10.2 Å². The van der Waals surface area contributed by atoms with Crippen LogP contribution in [0.5, 0.6) is 11.5 Å². The second kappa shape index (κ2) is 9.93. The number of nitriles is 1. The van der Waals surface area contributed by atoms with Crippen LogP contribution in [-0.4, -0.2) is 57.6 Å². The predicted molar refractivity (Wildman–Crippen MR) is 123 cm³/mol. The standard InChI is InChI=1S/C23H27N7O4/c1-14-15(2)29(12-17-6-5-9-34-17)23(18(14)11-24)25-21(31)13-30-27-22(26-28-30)16-7-8-19(32-3)20(10-16)33-4/h7-8,10,17H,5-6,9,12-13H2,1-4H3,(H,25,31)/t17-/m0/s1. The van der Waals surface area contributed by atoms with Crippen LogP contribution in [0.25, 0.3) is 11.4 Å². The Kier molecular flexibility index (Phi) is 6.79. The quantitative estimate of drug-likeness (QED) is 0.537. The molecule has 34 heavy (non-hydrogen) atoms. The minimum absolute atomic E-state index is 0.0636. The lowest BCUT2D eigenvalue weighted by Gasteiger charge is -2.16. The summed E-state index contributed by atoms with van der Waals surface area (Å²) in [7, 11) is 3.10. The SMILES string of the molecule is COc1ccc(-c2nnn(CC(=O)Nc3c(C#N)c(C)c(C)n3C[C@@H]3CCCO3)n2)cc1OC. The Morgan fingerprint density at radius 3 is 2.76 bits per heavy atom. The van der Waals surface area contributed by atoms with Crippen molar-refractivity contribution in [2.24, 2.45) is 0 Å². The van der Waals surface area contributed by atoms with Crippen LogP contribution in [0.1, 0.15) is 29.7 Å². The monoisotopic (exact) mass is 465 g/mol. The Bertz CT molecular complexity index is 1230. The maximum atomic E-state index is 12.9. The van der Waals surface area contributed by atoms with Crippen molar-refractivity contribution in [3.8, 4) is 29.0 Å². The molecular formula is C23H27N7O4. The highest BCUT2D eigenvalue weighted by Crippen LogP contribution is 2.31. The first-order valence-electron chi connectivity index (χ1n) is 11.0. The first kappa shape index (κ1) is 23.3. The number of benzene rings is 1. The van der Waals surface area contributed by atoms with Crippen molar-refractivity contribution in [3.63, 3.8) is 0 Å².